The first-order valence-corrected chi connectivity index (χ1v) is 10.6. The summed E-state index contributed by atoms with van der Waals surface area (Å²) in [5.74, 6) is 0.624. The molecule has 32 heavy (non-hydrogen) atoms. The molecule has 0 bridgehead atoms. The van der Waals surface area contributed by atoms with Crippen molar-refractivity contribution >= 4 is 28.6 Å². The predicted molar refractivity (Wildman–Crippen MR) is 121 cm³/mol. The molecule has 1 aliphatic heterocycles. The molecule has 7 heteroatoms. The van der Waals surface area contributed by atoms with Gasteiger partial charge in [0.1, 0.15) is 23.4 Å². The number of carbonyl (C=O) groups is 1. The number of hydrogen-bond donors (Lipinski definition) is 1. The van der Waals surface area contributed by atoms with Gasteiger partial charge in [-0.2, -0.15) is 0 Å². The molecular weight excluding hydrogens is 431 g/mol. The molecule has 2 heterocycles. The van der Waals surface area contributed by atoms with Crippen LogP contribution in [0.1, 0.15) is 22.9 Å². The number of H-pyrrole nitrogens is 1. The van der Waals surface area contributed by atoms with Gasteiger partial charge < -0.3 is 14.5 Å². The van der Waals surface area contributed by atoms with E-state index in [1.54, 1.807) is 12.0 Å². The number of methoxy groups -OCH3 is 1. The summed E-state index contributed by atoms with van der Waals surface area (Å²) >= 11 is 6.52. The van der Waals surface area contributed by atoms with Gasteiger partial charge in [-0.3, -0.25) is 4.90 Å². The summed E-state index contributed by atoms with van der Waals surface area (Å²) in [5, 5.41) is 1.66. The molecule has 5 rings (SSSR count). The fourth-order valence-electron chi connectivity index (χ4n) is 4.29. The van der Waals surface area contributed by atoms with Crippen molar-refractivity contribution in [2.24, 2.45) is 0 Å². The number of benzene rings is 3. The maximum atomic E-state index is 13.2. The van der Waals surface area contributed by atoms with Crippen molar-refractivity contribution in [3.05, 3.63) is 94.4 Å². The lowest BCUT2D eigenvalue weighted by molar-refractivity contribution is 0.135. The lowest BCUT2D eigenvalue weighted by atomic mass is 9.92. The van der Waals surface area contributed by atoms with Crippen LogP contribution >= 0.6 is 11.6 Å². The molecule has 1 unspecified atom stereocenters. The van der Waals surface area contributed by atoms with Crippen molar-refractivity contribution in [2.75, 3.05) is 13.7 Å². The number of ether oxygens (including phenoxy) is 2. The first-order valence-electron chi connectivity index (χ1n) is 10.2. The van der Waals surface area contributed by atoms with Gasteiger partial charge in [0, 0.05) is 23.1 Å². The van der Waals surface area contributed by atoms with Gasteiger partial charge in [-0.05, 0) is 66.1 Å². The molecule has 1 N–H and O–H groups in total. The van der Waals surface area contributed by atoms with Crippen LogP contribution < -0.4 is 9.47 Å². The van der Waals surface area contributed by atoms with E-state index in [-0.39, 0.29) is 5.75 Å². The van der Waals surface area contributed by atoms with E-state index >= 15 is 0 Å². The second kappa shape index (κ2) is 8.20. The van der Waals surface area contributed by atoms with Gasteiger partial charge in [0.15, 0.2) is 0 Å². The van der Waals surface area contributed by atoms with E-state index in [0.29, 0.717) is 18.0 Å². The molecule has 0 saturated heterocycles. The van der Waals surface area contributed by atoms with E-state index in [1.165, 1.54) is 24.3 Å². The maximum Gasteiger partial charge on any atom is 0.416 e. The number of nitrogens with zero attached hydrogens (tertiary/aromatic N) is 1. The van der Waals surface area contributed by atoms with Crippen LogP contribution in [0.15, 0.2) is 66.7 Å². The van der Waals surface area contributed by atoms with Crippen LogP contribution in [-0.4, -0.2) is 29.6 Å². The zero-order chi connectivity index (χ0) is 22.2. The predicted octanol–water partition coefficient (Wildman–Crippen LogP) is 6.12. The normalized spacial score (nSPS) is 15.5. The van der Waals surface area contributed by atoms with Crippen LogP contribution in [0, 0.1) is 5.82 Å². The number of aromatic nitrogens is 1. The van der Waals surface area contributed by atoms with Crippen molar-refractivity contribution in [3.63, 3.8) is 0 Å². The largest absolute Gasteiger partial charge is 0.497 e. The summed E-state index contributed by atoms with van der Waals surface area (Å²) in [4.78, 5) is 18.3. The molecule has 0 spiro atoms. The van der Waals surface area contributed by atoms with Gasteiger partial charge in [0.2, 0.25) is 0 Å². The van der Waals surface area contributed by atoms with Crippen LogP contribution in [0.5, 0.6) is 11.5 Å². The SMILES string of the molecule is COc1ccc(C2c3[nH]c4cccc(Cl)c4c3CCN2C(=O)Oc2ccc(F)cc2)cc1. The maximum absolute atomic E-state index is 13.2. The number of aromatic amines is 1. The minimum absolute atomic E-state index is 0.287. The third-order valence-electron chi connectivity index (χ3n) is 5.78. The highest BCUT2D eigenvalue weighted by atomic mass is 35.5. The van der Waals surface area contributed by atoms with Crippen molar-refractivity contribution in [2.45, 2.75) is 12.5 Å². The van der Waals surface area contributed by atoms with Crippen molar-refractivity contribution < 1.29 is 18.7 Å². The summed E-state index contributed by atoms with van der Waals surface area (Å²) < 4.78 is 24.1. The zero-order valence-electron chi connectivity index (χ0n) is 17.3. The van der Waals surface area contributed by atoms with Crippen LogP contribution in [0.2, 0.25) is 5.02 Å². The third-order valence-corrected chi connectivity index (χ3v) is 6.10. The molecule has 1 amide bonds. The average Bonchev–Trinajstić information content (AvgIpc) is 3.20. The van der Waals surface area contributed by atoms with Crippen molar-refractivity contribution in [1.29, 1.82) is 0 Å². The van der Waals surface area contributed by atoms with Crippen molar-refractivity contribution in [3.8, 4) is 11.5 Å². The van der Waals surface area contributed by atoms with Crippen LogP contribution in [0.25, 0.3) is 10.9 Å². The van der Waals surface area contributed by atoms with E-state index in [2.05, 4.69) is 4.98 Å². The Morgan fingerprint density at radius 2 is 1.78 bits per heavy atom. The van der Waals surface area contributed by atoms with Gasteiger partial charge in [-0.1, -0.05) is 29.8 Å². The molecule has 0 saturated carbocycles. The molecule has 5 nitrogen and oxygen atoms in total. The fourth-order valence-corrected chi connectivity index (χ4v) is 4.58. The standard InChI is InChI=1S/C25H20ClFN2O3/c1-31-17-9-5-15(6-10-17)24-23-19(22-20(26)3-2-4-21(22)28-23)13-14-29(24)25(30)32-18-11-7-16(27)8-12-18/h2-12,24,28H,13-14H2,1H3. The Morgan fingerprint density at radius 3 is 2.50 bits per heavy atom. The summed E-state index contributed by atoms with van der Waals surface area (Å²) in [6.07, 6.45) is 0.123. The topological polar surface area (TPSA) is 54.6 Å². The van der Waals surface area contributed by atoms with Gasteiger partial charge in [0.05, 0.1) is 12.1 Å². The number of carbonyl (C=O) groups excluding carboxylic acids is 1. The van der Waals surface area contributed by atoms with E-state index in [9.17, 15) is 9.18 Å². The molecule has 4 aromatic rings. The second-order valence-electron chi connectivity index (χ2n) is 7.62. The summed E-state index contributed by atoms with van der Waals surface area (Å²) in [6.45, 7) is 0.446. The molecule has 162 valence electrons. The molecule has 3 aromatic carbocycles. The molecular formula is C25H20ClFN2O3. The smallest absolute Gasteiger partial charge is 0.416 e. The minimum Gasteiger partial charge on any atom is -0.497 e. The molecule has 0 fully saturated rings. The highest BCUT2D eigenvalue weighted by Crippen LogP contribution is 2.41. The van der Waals surface area contributed by atoms with Gasteiger partial charge in [-0.25, -0.2) is 9.18 Å². The molecule has 1 atom stereocenters. The summed E-state index contributed by atoms with van der Waals surface area (Å²) in [6, 6.07) is 18.3. The Kier molecular flexibility index (Phi) is 5.23. The van der Waals surface area contributed by atoms with Gasteiger partial charge >= 0.3 is 6.09 Å². The summed E-state index contributed by atoms with van der Waals surface area (Å²) in [7, 11) is 1.61. The number of halogens is 2. The Labute approximate surface area is 189 Å². The number of fused-ring (bicyclic) bond motifs is 3. The highest BCUT2D eigenvalue weighted by molar-refractivity contribution is 6.35. The van der Waals surface area contributed by atoms with Crippen molar-refractivity contribution in [1.82, 2.24) is 9.88 Å². The van der Waals surface area contributed by atoms with Crippen LogP contribution in [-0.2, 0) is 6.42 Å². The minimum atomic E-state index is -0.507. The van der Waals surface area contributed by atoms with E-state index in [0.717, 1.165) is 33.5 Å². The second-order valence-corrected chi connectivity index (χ2v) is 8.03. The Morgan fingerprint density at radius 1 is 1.06 bits per heavy atom. The number of amides is 1. The van der Waals surface area contributed by atoms with E-state index in [1.807, 2.05) is 42.5 Å². The molecule has 1 aromatic heterocycles. The molecule has 0 radical (unpaired) electrons. The average molecular weight is 451 g/mol. The Hall–Kier alpha value is -3.51. The van der Waals surface area contributed by atoms with E-state index in [4.69, 9.17) is 21.1 Å². The number of nitrogens with one attached hydrogen (secondary N) is 1. The fraction of sp³-hybridized carbons (Fsp3) is 0.160. The molecule has 0 aliphatic carbocycles. The van der Waals surface area contributed by atoms with Gasteiger partial charge in [-0.15, -0.1) is 0 Å². The monoisotopic (exact) mass is 450 g/mol. The quantitative estimate of drug-likeness (QED) is 0.409. The van der Waals surface area contributed by atoms with E-state index < -0.39 is 18.0 Å². The number of rotatable bonds is 3. The third kappa shape index (κ3) is 3.56. The Balaban J connectivity index is 1.58. The van der Waals surface area contributed by atoms with Crippen LogP contribution in [0.3, 0.4) is 0 Å². The Bertz CT molecular complexity index is 1290. The lowest BCUT2D eigenvalue weighted by Crippen LogP contribution is -2.42. The van der Waals surface area contributed by atoms with Crippen LogP contribution in [0.4, 0.5) is 9.18 Å². The number of hydrogen-bond acceptors (Lipinski definition) is 3. The van der Waals surface area contributed by atoms with Gasteiger partial charge in [0.25, 0.3) is 0 Å². The highest BCUT2D eigenvalue weighted by Gasteiger charge is 2.36. The first kappa shape index (κ1) is 20.4. The zero-order valence-corrected chi connectivity index (χ0v) is 18.0. The first-order chi connectivity index (χ1) is 15.5. The summed E-state index contributed by atoms with van der Waals surface area (Å²) in [5.41, 5.74) is 3.83. The lowest BCUT2D eigenvalue weighted by Gasteiger charge is -2.35. The molecule has 1 aliphatic rings.